The number of thiophene rings is 1. The second-order valence-electron chi connectivity index (χ2n) is 7.49. The van der Waals surface area contributed by atoms with E-state index in [4.69, 9.17) is 0 Å². The summed E-state index contributed by atoms with van der Waals surface area (Å²) in [5.41, 5.74) is 1.84. The minimum absolute atomic E-state index is 0.0484. The molecule has 0 aliphatic rings. The quantitative estimate of drug-likeness (QED) is 0.357. The molecule has 3 N–H and O–H groups in total. The molecule has 3 rings (SSSR count). The molecular weight excluding hydrogens is 486 g/mol. The number of H-pyrrole nitrogens is 1. The maximum Gasteiger partial charge on any atom is 0.389 e. The Morgan fingerprint density at radius 1 is 0.941 bits per heavy atom. The van der Waals surface area contributed by atoms with E-state index in [1.807, 2.05) is 0 Å². The first-order valence-electron chi connectivity index (χ1n) is 10.1. The third-order valence-corrected chi connectivity index (χ3v) is 5.82. The summed E-state index contributed by atoms with van der Waals surface area (Å²) in [7, 11) is 0. The van der Waals surface area contributed by atoms with E-state index in [1.165, 1.54) is 12.1 Å². The third kappa shape index (κ3) is 8.04. The van der Waals surface area contributed by atoms with Crippen molar-refractivity contribution in [3.05, 3.63) is 51.5 Å². The molecule has 0 spiro atoms. The Balaban J connectivity index is 1.51. The van der Waals surface area contributed by atoms with Crippen molar-refractivity contribution in [2.75, 3.05) is 0 Å². The fraction of sp³-hybridized carbons (Fsp3) is 0.381. The number of benzene rings is 1. The van der Waals surface area contributed by atoms with E-state index >= 15 is 0 Å². The molecular formula is C21H20F6N4O2S. The maximum absolute atomic E-state index is 12.3. The molecule has 3 aromatic rings. The number of alkyl halides is 6. The van der Waals surface area contributed by atoms with Gasteiger partial charge in [-0.25, -0.2) is 4.98 Å². The lowest BCUT2D eigenvalue weighted by Gasteiger charge is -2.07. The van der Waals surface area contributed by atoms with Gasteiger partial charge in [-0.3, -0.25) is 9.59 Å². The van der Waals surface area contributed by atoms with Crippen molar-refractivity contribution in [2.45, 2.75) is 51.1 Å². The number of aryl methyl sites for hydroxylation is 1. The Morgan fingerprint density at radius 2 is 1.68 bits per heavy atom. The molecule has 0 radical (unpaired) electrons. The molecule has 1 aromatic carbocycles. The number of carbonyl (C=O) groups excluding carboxylic acids is 2. The van der Waals surface area contributed by atoms with Crippen molar-refractivity contribution in [1.29, 1.82) is 0 Å². The van der Waals surface area contributed by atoms with Gasteiger partial charge in [-0.1, -0.05) is 6.07 Å². The Kier molecular flexibility index (Phi) is 7.85. The Bertz CT molecular complexity index is 1150. The fourth-order valence-corrected chi connectivity index (χ4v) is 3.92. The predicted molar refractivity (Wildman–Crippen MR) is 113 cm³/mol. The highest BCUT2D eigenvalue weighted by atomic mass is 32.1. The van der Waals surface area contributed by atoms with Gasteiger partial charge in [0.15, 0.2) is 0 Å². The Labute approximate surface area is 193 Å². The van der Waals surface area contributed by atoms with Gasteiger partial charge in [0.05, 0.1) is 28.9 Å². The standard InChI is InChI=1S/C21H20F6N4O2S/c22-20(23,24)7-5-13-2-4-16(34-13)19(33)29-11-17-30-14-3-1-12(9-15(14)31-17)10-28-18(32)6-8-21(25,26)27/h1-4,9H,5-8,10-11H2,(H,28,32)(H,29,33)(H,30,31). The second kappa shape index (κ2) is 10.5. The van der Waals surface area contributed by atoms with Crippen LogP contribution in [0.1, 0.15) is 45.2 Å². The number of hydrogen-bond donors (Lipinski definition) is 3. The highest BCUT2D eigenvalue weighted by Crippen LogP contribution is 2.25. The zero-order valence-electron chi connectivity index (χ0n) is 17.6. The molecule has 0 aliphatic carbocycles. The molecule has 2 heterocycles. The molecule has 0 saturated carbocycles. The summed E-state index contributed by atoms with van der Waals surface area (Å²) in [6, 6.07) is 7.99. The van der Waals surface area contributed by atoms with E-state index in [0.29, 0.717) is 27.3 Å². The molecule has 0 fully saturated rings. The highest BCUT2D eigenvalue weighted by molar-refractivity contribution is 7.14. The van der Waals surface area contributed by atoms with E-state index in [9.17, 15) is 35.9 Å². The third-order valence-electron chi connectivity index (χ3n) is 4.68. The van der Waals surface area contributed by atoms with Crippen LogP contribution in [0.25, 0.3) is 11.0 Å². The van der Waals surface area contributed by atoms with Crippen LogP contribution in [0.2, 0.25) is 0 Å². The SMILES string of the molecule is O=C(CCC(F)(F)F)NCc1ccc2nc(CNC(=O)c3ccc(CCC(F)(F)F)s3)[nH]c2c1. The Morgan fingerprint density at radius 3 is 2.38 bits per heavy atom. The molecule has 0 unspecified atom stereocenters. The van der Waals surface area contributed by atoms with Gasteiger partial charge in [-0.05, 0) is 36.2 Å². The van der Waals surface area contributed by atoms with Crippen molar-refractivity contribution in [3.8, 4) is 0 Å². The molecule has 13 heteroatoms. The molecule has 0 aliphatic heterocycles. The fourth-order valence-electron chi connectivity index (χ4n) is 3.00. The van der Waals surface area contributed by atoms with Gasteiger partial charge in [0, 0.05) is 24.3 Å². The van der Waals surface area contributed by atoms with Gasteiger partial charge in [-0.2, -0.15) is 26.3 Å². The molecule has 0 saturated heterocycles. The van der Waals surface area contributed by atoms with E-state index < -0.39 is 43.4 Å². The lowest BCUT2D eigenvalue weighted by Crippen LogP contribution is -2.24. The van der Waals surface area contributed by atoms with Crippen LogP contribution in [0, 0.1) is 0 Å². The average Bonchev–Trinajstić information content (AvgIpc) is 3.38. The minimum atomic E-state index is -4.39. The van der Waals surface area contributed by atoms with Crippen LogP contribution in [0.5, 0.6) is 0 Å². The predicted octanol–water partition coefficient (Wildman–Crippen LogP) is 5.01. The summed E-state index contributed by atoms with van der Waals surface area (Å²) in [5, 5.41) is 5.08. The van der Waals surface area contributed by atoms with Gasteiger partial charge in [0.25, 0.3) is 5.91 Å². The van der Waals surface area contributed by atoms with Crippen molar-refractivity contribution < 1.29 is 35.9 Å². The first-order valence-corrected chi connectivity index (χ1v) is 10.9. The summed E-state index contributed by atoms with van der Waals surface area (Å²) in [5.74, 6) is -0.713. The molecule has 6 nitrogen and oxygen atoms in total. The van der Waals surface area contributed by atoms with E-state index in [-0.39, 0.29) is 24.4 Å². The van der Waals surface area contributed by atoms with Crippen molar-refractivity contribution in [3.63, 3.8) is 0 Å². The normalized spacial score (nSPS) is 12.2. The molecule has 2 amide bonds. The summed E-state index contributed by atoms with van der Waals surface area (Å²) in [4.78, 5) is 31.9. The van der Waals surface area contributed by atoms with E-state index in [2.05, 4.69) is 20.6 Å². The van der Waals surface area contributed by atoms with Gasteiger partial charge in [-0.15, -0.1) is 11.3 Å². The van der Waals surface area contributed by atoms with Crippen molar-refractivity contribution in [2.24, 2.45) is 0 Å². The number of rotatable bonds is 9. The molecule has 34 heavy (non-hydrogen) atoms. The number of hydrogen-bond acceptors (Lipinski definition) is 4. The van der Waals surface area contributed by atoms with E-state index in [1.54, 1.807) is 18.2 Å². The number of amides is 2. The number of halogens is 6. The van der Waals surface area contributed by atoms with Crippen LogP contribution in [0.15, 0.2) is 30.3 Å². The first-order chi connectivity index (χ1) is 15.9. The zero-order chi connectivity index (χ0) is 24.9. The number of aromatic nitrogens is 2. The summed E-state index contributed by atoms with van der Waals surface area (Å²) in [6.07, 6.45) is -11.6. The maximum atomic E-state index is 12.3. The van der Waals surface area contributed by atoms with Crippen LogP contribution in [0.4, 0.5) is 26.3 Å². The van der Waals surface area contributed by atoms with Gasteiger partial charge in [0.1, 0.15) is 5.82 Å². The van der Waals surface area contributed by atoms with E-state index in [0.717, 1.165) is 11.3 Å². The topological polar surface area (TPSA) is 86.9 Å². The largest absolute Gasteiger partial charge is 0.389 e. The molecule has 0 bridgehead atoms. The molecule has 184 valence electrons. The summed E-state index contributed by atoms with van der Waals surface area (Å²) < 4.78 is 73.6. The van der Waals surface area contributed by atoms with Gasteiger partial charge in [0.2, 0.25) is 5.91 Å². The number of fused-ring (bicyclic) bond motifs is 1. The number of carbonyl (C=O) groups is 2. The van der Waals surface area contributed by atoms with Crippen LogP contribution < -0.4 is 10.6 Å². The minimum Gasteiger partial charge on any atom is -0.352 e. The number of imidazole rings is 1. The van der Waals surface area contributed by atoms with Crippen molar-refractivity contribution in [1.82, 2.24) is 20.6 Å². The van der Waals surface area contributed by atoms with Gasteiger partial charge >= 0.3 is 12.4 Å². The van der Waals surface area contributed by atoms with Crippen molar-refractivity contribution >= 4 is 34.2 Å². The van der Waals surface area contributed by atoms with Gasteiger partial charge < -0.3 is 15.6 Å². The zero-order valence-corrected chi connectivity index (χ0v) is 18.4. The number of aromatic amines is 1. The number of nitrogens with zero attached hydrogens (tertiary/aromatic N) is 1. The summed E-state index contributed by atoms with van der Waals surface area (Å²) in [6.45, 7) is 0.0968. The molecule has 0 atom stereocenters. The lowest BCUT2D eigenvalue weighted by atomic mass is 10.2. The first kappa shape index (κ1) is 25.5. The smallest absolute Gasteiger partial charge is 0.352 e. The van der Waals surface area contributed by atoms with Crippen LogP contribution in [-0.4, -0.2) is 34.1 Å². The summed E-state index contributed by atoms with van der Waals surface area (Å²) >= 11 is 0.997. The van der Waals surface area contributed by atoms with Crippen LogP contribution in [0.3, 0.4) is 0 Å². The second-order valence-corrected chi connectivity index (χ2v) is 8.66. The van der Waals surface area contributed by atoms with Crippen LogP contribution >= 0.6 is 11.3 Å². The lowest BCUT2D eigenvalue weighted by molar-refractivity contribution is -0.144. The number of nitrogens with one attached hydrogen (secondary N) is 3. The molecule has 2 aromatic heterocycles. The monoisotopic (exact) mass is 506 g/mol. The average molecular weight is 506 g/mol. The Hall–Kier alpha value is -3.09. The highest BCUT2D eigenvalue weighted by Gasteiger charge is 2.28. The van der Waals surface area contributed by atoms with Crippen LogP contribution in [-0.2, 0) is 24.3 Å².